The van der Waals surface area contributed by atoms with Gasteiger partial charge in [0.15, 0.2) is 6.10 Å². The summed E-state index contributed by atoms with van der Waals surface area (Å²) in [6.07, 6.45) is 7.71. The zero-order chi connectivity index (χ0) is 14.3. The molecule has 0 spiro atoms. The molecule has 0 saturated carbocycles. The van der Waals surface area contributed by atoms with Crippen LogP contribution in [-0.4, -0.2) is 23.1 Å². The molecule has 1 aliphatic rings. The Bertz CT molecular complexity index is 462. The lowest BCUT2D eigenvalue weighted by atomic mass is 9.90. The topological polar surface area (TPSA) is 63.6 Å². The molecule has 2 atom stereocenters. The third-order valence-electron chi connectivity index (χ3n) is 2.76. The molecular weight excluding hydrogens is 244 g/mol. The molecule has 2 unspecified atom stereocenters. The lowest BCUT2D eigenvalue weighted by Gasteiger charge is -2.16. The van der Waals surface area contributed by atoms with E-state index in [9.17, 15) is 9.59 Å². The first-order valence-corrected chi connectivity index (χ1v) is 6.29. The Morgan fingerprint density at radius 1 is 1.58 bits per heavy atom. The summed E-state index contributed by atoms with van der Waals surface area (Å²) in [7, 11) is 0. The molecule has 0 radical (unpaired) electrons. The second kappa shape index (κ2) is 7.42. The molecule has 102 valence electrons. The molecule has 4 nitrogen and oxygen atoms in total. The Labute approximate surface area is 113 Å². The molecule has 0 amide bonds. The van der Waals surface area contributed by atoms with Gasteiger partial charge in [0, 0.05) is 12.0 Å². The highest BCUT2D eigenvalue weighted by Crippen LogP contribution is 2.23. The summed E-state index contributed by atoms with van der Waals surface area (Å²) in [5.41, 5.74) is 1.14. The van der Waals surface area contributed by atoms with Gasteiger partial charge in [-0.3, -0.25) is 0 Å². The van der Waals surface area contributed by atoms with E-state index in [-0.39, 0.29) is 0 Å². The second-order valence-electron chi connectivity index (χ2n) is 4.65. The fourth-order valence-corrected chi connectivity index (χ4v) is 1.86. The number of carboxylic acid groups (broad SMARTS) is 1. The van der Waals surface area contributed by atoms with E-state index in [2.05, 4.69) is 18.9 Å². The van der Waals surface area contributed by atoms with Crippen molar-refractivity contribution in [3.63, 3.8) is 0 Å². The van der Waals surface area contributed by atoms with Crippen LogP contribution in [0, 0.1) is 17.8 Å². The molecule has 0 saturated heterocycles. The van der Waals surface area contributed by atoms with Crippen molar-refractivity contribution >= 4 is 11.9 Å². The molecule has 0 aromatic heterocycles. The number of aliphatic carboxylic acids is 1. The van der Waals surface area contributed by atoms with Crippen molar-refractivity contribution < 1.29 is 19.4 Å². The van der Waals surface area contributed by atoms with Crippen LogP contribution in [0.3, 0.4) is 0 Å². The monoisotopic (exact) mass is 262 g/mol. The Morgan fingerprint density at radius 2 is 2.32 bits per heavy atom. The molecule has 1 N–H and O–H groups in total. The van der Waals surface area contributed by atoms with Crippen molar-refractivity contribution in [3.8, 4) is 11.8 Å². The van der Waals surface area contributed by atoms with E-state index in [1.54, 1.807) is 6.08 Å². The maximum absolute atomic E-state index is 11.5. The fraction of sp³-hybridized carbons (Fsp3) is 0.467. The maximum Gasteiger partial charge on any atom is 0.382 e. The Kier molecular flexibility index (Phi) is 5.87. The third kappa shape index (κ3) is 6.46. The molecule has 1 rings (SSSR count). The molecule has 0 bridgehead atoms. The third-order valence-corrected chi connectivity index (χ3v) is 2.76. The van der Waals surface area contributed by atoms with Gasteiger partial charge >= 0.3 is 11.9 Å². The number of carboxylic acids is 1. The van der Waals surface area contributed by atoms with Crippen molar-refractivity contribution in [1.82, 2.24) is 0 Å². The summed E-state index contributed by atoms with van der Waals surface area (Å²) >= 11 is 0. The summed E-state index contributed by atoms with van der Waals surface area (Å²) in [6.45, 7) is 3.71. The summed E-state index contributed by atoms with van der Waals surface area (Å²) in [5.74, 6) is 3.13. The van der Waals surface area contributed by atoms with Crippen LogP contribution in [0.5, 0.6) is 0 Å². The number of ether oxygens (including phenoxy) is 1. The highest BCUT2D eigenvalue weighted by Gasteiger charge is 2.09. The Hall–Kier alpha value is -2.02. The predicted molar refractivity (Wildman–Crippen MR) is 71.2 cm³/mol. The molecule has 0 aliphatic heterocycles. The fourth-order valence-electron chi connectivity index (χ4n) is 1.86. The lowest BCUT2D eigenvalue weighted by Crippen LogP contribution is -2.11. The Morgan fingerprint density at radius 3 is 2.95 bits per heavy atom. The number of carbonyl (C=O) groups excluding carboxylic acids is 1. The van der Waals surface area contributed by atoms with Crippen LogP contribution in [0.1, 0.15) is 33.1 Å². The van der Waals surface area contributed by atoms with E-state index in [0.717, 1.165) is 18.4 Å². The van der Waals surface area contributed by atoms with Crippen molar-refractivity contribution in [1.29, 1.82) is 0 Å². The van der Waals surface area contributed by atoms with Crippen molar-refractivity contribution in [2.75, 3.05) is 0 Å². The van der Waals surface area contributed by atoms with Gasteiger partial charge in [-0.15, -0.1) is 0 Å². The van der Waals surface area contributed by atoms with Gasteiger partial charge in [-0.2, -0.15) is 0 Å². The minimum atomic E-state index is -1.24. The number of hydrogen-bond acceptors (Lipinski definition) is 3. The molecule has 0 fully saturated rings. The first-order valence-electron chi connectivity index (χ1n) is 6.29. The van der Waals surface area contributed by atoms with Gasteiger partial charge < -0.3 is 9.84 Å². The van der Waals surface area contributed by atoms with Gasteiger partial charge in [0.2, 0.25) is 0 Å². The number of allylic oxidation sites excluding steroid dienone is 3. The van der Waals surface area contributed by atoms with Gasteiger partial charge in [0.05, 0.1) is 0 Å². The minimum absolute atomic E-state index is 0.508. The van der Waals surface area contributed by atoms with Crippen LogP contribution in [0.15, 0.2) is 23.8 Å². The quantitative estimate of drug-likeness (QED) is 0.481. The van der Waals surface area contributed by atoms with E-state index in [1.165, 1.54) is 19.4 Å². The van der Waals surface area contributed by atoms with Gasteiger partial charge in [0.25, 0.3) is 0 Å². The highest BCUT2D eigenvalue weighted by atomic mass is 16.5. The molecule has 19 heavy (non-hydrogen) atoms. The summed E-state index contributed by atoms with van der Waals surface area (Å²) in [6, 6.07) is 0. The minimum Gasteiger partial charge on any atom is -0.472 e. The SMILES string of the molecule is CC1CCC=C(/C=C/C(=O)OC(C)C#CC(=O)O)C1. The van der Waals surface area contributed by atoms with Crippen LogP contribution in [-0.2, 0) is 14.3 Å². The molecule has 0 aromatic rings. The maximum atomic E-state index is 11.5. The van der Waals surface area contributed by atoms with Crippen molar-refractivity contribution in [2.24, 2.45) is 5.92 Å². The summed E-state index contributed by atoms with van der Waals surface area (Å²) in [5, 5.41) is 8.36. The van der Waals surface area contributed by atoms with Crippen molar-refractivity contribution in [2.45, 2.75) is 39.2 Å². The van der Waals surface area contributed by atoms with E-state index < -0.39 is 18.0 Å². The van der Waals surface area contributed by atoms with Crippen LogP contribution in [0.2, 0.25) is 0 Å². The van der Waals surface area contributed by atoms with Crippen LogP contribution in [0.25, 0.3) is 0 Å². The van der Waals surface area contributed by atoms with Crippen LogP contribution < -0.4 is 0 Å². The molecule has 0 aromatic carbocycles. The first-order chi connectivity index (χ1) is 8.97. The number of carbonyl (C=O) groups is 2. The van der Waals surface area contributed by atoms with Gasteiger partial charge in [-0.05, 0) is 38.0 Å². The molecule has 0 heterocycles. The van der Waals surface area contributed by atoms with E-state index in [0.29, 0.717) is 5.92 Å². The smallest absolute Gasteiger partial charge is 0.382 e. The normalized spacial score (nSPS) is 20.1. The summed E-state index contributed by atoms with van der Waals surface area (Å²) < 4.78 is 4.93. The average Bonchev–Trinajstić information content (AvgIpc) is 2.34. The predicted octanol–water partition coefficient (Wildman–Crippen LogP) is 2.31. The largest absolute Gasteiger partial charge is 0.472 e. The first kappa shape index (κ1) is 15.0. The molecule has 4 heteroatoms. The van der Waals surface area contributed by atoms with E-state index in [4.69, 9.17) is 9.84 Å². The number of hydrogen-bond donors (Lipinski definition) is 1. The van der Waals surface area contributed by atoms with Crippen LogP contribution >= 0.6 is 0 Å². The van der Waals surface area contributed by atoms with Gasteiger partial charge in [0.1, 0.15) is 0 Å². The zero-order valence-corrected chi connectivity index (χ0v) is 11.2. The zero-order valence-electron chi connectivity index (χ0n) is 11.2. The number of esters is 1. The lowest BCUT2D eigenvalue weighted by molar-refractivity contribution is -0.140. The van der Waals surface area contributed by atoms with E-state index in [1.807, 2.05) is 5.92 Å². The Balaban J connectivity index is 2.45. The second-order valence-corrected chi connectivity index (χ2v) is 4.65. The standard InChI is InChI=1S/C15H18O4/c1-11-4-3-5-13(10-11)7-9-15(18)19-12(2)6-8-14(16)17/h5,7,9,11-12H,3-4,10H2,1-2H3,(H,16,17)/b9-7+. The molecular formula is C15H18O4. The average molecular weight is 262 g/mol. The highest BCUT2D eigenvalue weighted by molar-refractivity contribution is 5.87. The number of rotatable bonds is 3. The van der Waals surface area contributed by atoms with E-state index >= 15 is 0 Å². The molecule has 1 aliphatic carbocycles. The van der Waals surface area contributed by atoms with Crippen LogP contribution in [0.4, 0.5) is 0 Å². The summed E-state index contributed by atoms with van der Waals surface area (Å²) in [4.78, 5) is 21.7. The van der Waals surface area contributed by atoms with Gasteiger partial charge in [-0.25, -0.2) is 9.59 Å². The van der Waals surface area contributed by atoms with Gasteiger partial charge in [-0.1, -0.05) is 24.6 Å². The van der Waals surface area contributed by atoms with Crippen molar-refractivity contribution in [3.05, 3.63) is 23.8 Å².